The Morgan fingerprint density at radius 3 is 2.39 bits per heavy atom. The highest BCUT2D eigenvalue weighted by Crippen LogP contribution is 2.30. The molecule has 1 aromatic heterocycles. The third-order valence-electron chi connectivity index (χ3n) is 2.71. The zero-order valence-electron chi connectivity index (χ0n) is 9.45. The van der Waals surface area contributed by atoms with E-state index in [-0.39, 0.29) is 0 Å². The molecule has 0 atom stereocenters. The van der Waals surface area contributed by atoms with Gasteiger partial charge in [0.05, 0.1) is 0 Å². The maximum absolute atomic E-state index is 12.4. The van der Waals surface area contributed by atoms with Gasteiger partial charge in [-0.1, -0.05) is 0 Å². The van der Waals surface area contributed by atoms with E-state index >= 15 is 0 Å². The maximum atomic E-state index is 12.4. The third-order valence-corrected chi connectivity index (χ3v) is 3.66. The minimum absolute atomic E-state index is 0.341. The summed E-state index contributed by atoms with van der Waals surface area (Å²) >= 11 is 6.44. The van der Waals surface area contributed by atoms with E-state index in [4.69, 9.17) is 11.6 Å². The summed E-state index contributed by atoms with van der Waals surface area (Å²) in [5, 5.41) is 0.341. The Balaban J connectivity index is 1.95. The van der Waals surface area contributed by atoms with E-state index in [0.717, 1.165) is 31.2 Å². The van der Waals surface area contributed by atoms with Gasteiger partial charge in [0.25, 0.3) is 0 Å². The standard InChI is InChI=1S/C9H12ClF3N4S/c10-1-2-16-3-5-17(6-4-16)8-14-7(15-18-8)9(11,12)13/h1-6H2. The molecule has 0 aliphatic carbocycles. The Morgan fingerprint density at radius 1 is 1.22 bits per heavy atom. The summed E-state index contributed by atoms with van der Waals surface area (Å²) in [5.74, 6) is -0.484. The lowest BCUT2D eigenvalue weighted by Gasteiger charge is -2.33. The number of aromatic nitrogens is 2. The molecule has 4 nitrogen and oxygen atoms in total. The molecule has 0 amide bonds. The lowest BCUT2D eigenvalue weighted by Crippen LogP contribution is -2.46. The number of hydrogen-bond acceptors (Lipinski definition) is 5. The molecule has 1 aliphatic rings. The van der Waals surface area contributed by atoms with Crippen LogP contribution in [0, 0.1) is 0 Å². The third kappa shape index (κ3) is 3.24. The Morgan fingerprint density at radius 2 is 1.89 bits per heavy atom. The molecular weight excluding hydrogens is 289 g/mol. The Bertz CT molecular complexity index is 389. The van der Waals surface area contributed by atoms with Gasteiger partial charge in [0, 0.05) is 50.1 Å². The summed E-state index contributed by atoms with van der Waals surface area (Å²) in [6, 6.07) is 0. The molecule has 0 spiro atoms. The van der Waals surface area contributed by atoms with Gasteiger partial charge in [-0.25, -0.2) is 0 Å². The van der Waals surface area contributed by atoms with Gasteiger partial charge in [-0.15, -0.1) is 11.6 Å². The lowest BCUT2D eigenvalue weighted by molar-refractivity contribution is -0.144. The molecule has 1 fully saturated rings. The van der Waals surface area contributed by atoms with Crippen molar-refractivity contribution in [2.75, 3.05) is 43.5 Å². The van der Waals surface area contributed by atoms with Gasteiger partial charge in [-0.2, -0.15) is 22.5 Å². The van der Waals surface area contributed by atoms with Crippen LogP contribution in [-0.2, 0) is 6.18 Å². The fourth-order valence-corrected chi connectivity index (χ4v) is 2.72. The molecule has 0 radical (unpaired) electrons. The molecule has 0 bridgehead atoms. The Labute approximate surface area is 112 Å². The first kappa shape index (κ1) is 13.8. The molecule has 1 saturated heterocycles. The monoisotopic (exact) mass is 300 g/mol. The first-order valence-electron chi connectivity index (χ1n) is 5.45. The van der Waals surface area contributed by atoms with Gasteiger partial charge in [-0.3, -0.25) is 4.90 Å². The van der Waals surface area contributed by atoms with Gasteiger partial charge in [0.1, 0.15) is 0 Å². The normalized spacial score (nSPS) is 18.3. The van der Waals surface area contributed by atoms with Crippen LogP contribution in [0.1, 0.15) is 5.82 Å². The summed E-state index contributed by atoms with van der Waals surface area (Å²) in [7, 11) is 0. The molecule has 2 rings (SSSR count). The van der Waals surface area contributed by atoms with Crippen LogP contribution in [0.15, 0.2) is 0 Å². The first-order valence-corrected chi connectivity index (χ1v) is 6.75. The van der Waals surface area contributed by atoms with Crippen LogP contribution in [0.4, 0.5) is 18.3 Å². The van der Waals surface area contributed by atoms with Crippen molar-refractivity contribution in [2.24, 2.45) is 0 Å². The number of hydrogen-bond donors (Lipinski definition) is 0. The maximum Gasteiger partial charge on any atom is 0.452 e. The minimum atomic E-state index is -4.46. The second-order valence-electron chi connectivity index (χ2n) is 3.92. The van der Waals surface area contributed by atoms with E-state index in [1.807, 2.05) is 4.90 Å². The van der Waals surface area contributed by atoms with Crippen LogP contribution < -0.4 is 4.90 Å². The van der Waals surface area contributed by atoms with E-state index < -0.39 is 12.0 Å². The topological polar surface area (TPSA) is 32.3 Å². The molecule has 0 saturated carbocycles. The van der Waals surface area contributed by atoms with Crippen LogP contribution in [-0.4, -0.2) is 52.9 Å². The fourth-order valence-electron chi connectivity index (χ4n) is 1.74. The number of piperazine rings is 1. The van der Waals surface area contributed by atoms with Crippen LogP contribution in [0.3, 0.4) is 0 Å². The van der Waals surface area contributed by atoms with Crippen molar-refractivity contribution >= 4 is 28.3 Å². The van der Waals surface area contributed by atoms with Crippen LogP contribution >= 0.6 is 23.1 Å². The molecule has 18 heavy (non-hydrogen) atoms. The highest BCUT2D eigenvalue weighted by molar-refractivity contribution is 7.09. The van der Waals surface area contributed by atoms with Crippen molar-refractivity contribution in [1.82, 2.24) is 14.3 Å². The van der Waals surface area contributed by atoms with Crippen molar-refractivity contribution < 1.29 is 13.2 Å². The molecule has 1 aliphatic heterocycles. The summed E-state index contributed by atoms with van der Waals surface area (Å²) in [4.78, 5) is 7.55. The number of alkyl halides is 4. The second-order valence-corrected chi connectivity index (χ2v) is 5.02. The molecule has 2 heterocycles. The zero-order chi connectivity index (χ0) is 13.2. The average Bonchev–Trinajstić information content (AvgIpc) is 2.79. The highest BCUT2D eigenvalue weighted by Gasteiger charge is 2.36. The summed E-state index contributed by atoms with van der Waals surface area (Å²) in [5.41, 5.74) is 0. The van der Waals surface area contributed by atoms with Crippen molar-refractivity contribution in [3.05, 3.63) is 5.82 Å². The smallest absolute Gasteiger partial charge is 0.344 e. The summed E-state index contributed by atoms with van der Waals surface area (Å²) < 4.78 is 40.5. The van der Waals surface area contributed by atoms with Gasteiger partial charge < -0.3 is 4.90 Å². The number of nitrogens with zero attached hydrogens (tertiary/aromatic N) is 4. The molecule has 0 aromatic carbocycles. The van der Waals surface area contributed by atoms with Gasteiger partial charge in [-0.05, 0) is 0 Å². The fraction of sp³-hybridized carbons (Fsp3) is 0.778. The van der Waals surface area contributed by atoms with Crippen molar-refractivity contribution in [2.45, 2.75) is 6.18 Å². The van der Waals surface area contributed by atoms with Gasteiger partial charge in [0.15, 0.2) is 0 Å². The first-order chi connectivity index (χ1) is 8.50. The molecule has 0 unspecified atom stereocenters. The van der Waals surface area contributed by atoms with Gasteiger partial charge in [0.2, 0.25) is 11.0 Å². The predicted octanol–water partition coefficient (Wildman–Crippen LogP) is 1.92. The second kappa shape index (κ2) is 5.58. The van der Waals surface area contributed by atoms with E-state index in [0.29, 0.717) is 24.1 Å². The molecule has 1 aromatic rings. The largest absolute Gasteiger partial charge is 0.452 e. The lowest BCUT2D eigenvalue weighted by atomic mass is 10.3. The number of rotatable bonds is 3. The molecule has 9 heteroatoms. The quantitative estimate of drug-likeness (QED) is 0.798. The minimum Gasteiger partial charge on any atom is -0.344 e. The number of anilines is 1. The Kier molecular flexibility index (Phi) is 4.29. The number of halogens is 4. The van der Waals surface area contributed by atoms with Crippen LogP contribution in [0.5, 0.6) is 0 Å². The summed E-state index contributed by atoms with van der Waals surface area (Å²) in [6.07, 6.45) is -4.46. The highest BCUT2D eigenvalue weighted by atomic mass is 35.5. The van der Waals surface area contributed by atoms with E-state index in [1.165, 1.54) is 0 Å². The van der Waals surface area contributed by atoms with Crippen molar-refractivity contribution in [3.63, 3.8) is 0 Å². The molecule has 0 N–H and O–H groups in total. The SMILES string of the molecule is FC(F)(F)c1nsc(N2CCN(CCCl)CC2)n1. The summed E-state index contributed by atoms with van der Waals surface area (Å²) in [6.45, 7) is 3.69. The van der Waals surface area contributed by atoms with Crippen LogP contribution in [0.2, 0.25) is 0 Å². The molecular formula is C9H12ClF3N4S. The van der Waals surface area contributed by atoms with Crippen LogP contribution in [0.25, 0.3) is 0 Å². The van der Waals surface area contributed by atoms with E-state index in [1.54, 1.807) is 0 Å². The predicted molar refractivity (Wildman–Crippen MR) is 64.3 cm³/mol. The van der Waals surface area contributed by atoms with Crippen molar-refractivity contribution in [1.29, 1.82) is 0 Å². The van der Waals surface area contributed by atoms with E-state index in [9.17, 15) is 13.2 Å². The molecule has 102 valence electrons. The average molecular weight is 301 g/mol. The Hall–Kier alpha value is -0.600. The van der Waals surface area contributed by atoms with Gasteiger partial charge >= 0.3 is 6.18 Å². The zero-order valence-corrected chi connectivity index (χ0v) is 11.0. The van der Waals surface area contributed by atoms with Crippen molar-refractivity contribution in [3.8, 4) is 0 Å². The van der Waals surface area contributed by atoms with E-state index in [2.05, 4.69) is 14.3 Å².